The molecule has 11 heteroatoms. The Morgan fingerprint density at radius 2 is 2.09 bits per heavy atom. The smallest absolute Gasteiger partial charge is 0.321 e. The number of nitrogens with one attached hydrogen (secondary N) is 3. The van der Waals surface area contributed by atoms with Gasteiger partial charge in [-0.15, -0.1) is 0 Å². The van der Waals surface area contributed by atoms with Crippen LogP contribution in [0.4, 0.5) is 25.1 Å². The maximum absolute atomic E-state index is 15.0. The summed E-state index contributed by atoms with van der Waals surface area (Å²) in [5.74, 6) is -1.76. The fraction of sp³-hybridized carbons (Fsp3) is 0.409. The molecule has 1 aromatic heterocycles. The highest BCUT2D eigenvalue weighted by atomic mass is 35.5. The number of nitrogens with zero attached hydrogens (tertiary/aromatic N) is 2. The number of hydrogen-bond donors (Lipinski definition) is 3. The van der Waals surface area contributed by atoms with Crippen molar-refractivity contribution in [1.29, 1.82) is 0 Å². The highest BCUT2D eigenvalue weighted by Crippen LogP contribution is 2.49. The molecule has 0 bridgehead atoms. The van der Waals surface area contributed by atoms with Gasteiger partial charge in [-0.25, -0.2) is 18.6 Å². The molecule has 1 atom stereocenters. The molecule has 2 aliphatic rings. The van der Waals surface area contributed by atoms with Crippen molar-refractivity contribution < 1.29 is 18.4 Å². The van der Waals surface area contributed by atoms with Crippen LogP contribution in [-0.4, -0.2) is 42.3 Å². The molecule has 7 nitrogen and oxygen atoms in total. The number of pyridine rings is 1. The van der Waals surface area contributed by atoms with Gasteiger partial charge in [0.2, 0.25) is 5.91 Å². The number of carbonyl (C=O) groups excluding carboxylic acids is 2. The number of urea groups is 1. The Morgan fingerprint density at radius 3 is 2.76 bits per heavy atom. The standard InChI is InChI=1S/C22H24ClF2N5O2S/c1-33-27-12-22(6-7-22)15-5-4-14(10-16(15)24)30-8-2-3-18(20(30)31)28-21(32)29-19-17(25)9-13(23)11-26-19/h4-5,9-11,18,27H,2-3,6-8,12H2,1H3,(H2,26,28,29,32). The van der Waals surface area contributed by atoms with Gasteiger partial charge in [-0.1, -0.05) is 29.6 Å². The van der Waals surface area contributed by atoms with Crippen molar-refractivity contribution in [2.45, 2.75) is 37.1 Å². The number of anilines is 2. The molecule has 2 aromatic rings. The molecule has 3 amide bonds. The molecular weight excluding hydrogens is 472 g/mol. The predicted octanol–water partition coefficient (Wildman–Crippen LogP) is 4.23. The van der Waals surface area contributed by atoms with Gasteiger partial charge in [-0.2, -0.15) is 0 Å². The lowest BCUT2D eigenvalue weighted by molar-refractivity contribution is -0.121. The normalized spacial score (nSPS) is 19.3. The average Bonchev–Trinajstić information content (AvgIpc) is 3.56. The fourth-order valence-corrected chi connectivity index (χ4v) is 4.64. The van der Waals surface area contributed by atoms with Crippen molar-refractivity contribution in [3.05, 3.63) is 52.7 Å². The Labute approximate surface area is 199 Å². The Morgan fingerprint density at radius 1 is 1.30 bits per heavy atom. The number of benzene rings is 1. The lowest BCUT2D eigenvalue weighted by Crippen LogP contribution is -2.53. The second kappa shape index (κ2) is 9.82. The van der Waals surface area contributed by atoms with Gasteiger partial charge < -0.3 is 10.2 Å². The quantitative estimate of drug-likeness (QED) is 0.500. The zero-order chi connectivity index (χ0) is 23.6. The molecule has 2 fully saturated rings. The summed E-state index contributed by atoms with van der Waals surface area (Å²) < 4.78 is 32.1. The predicted molar refractivity (Wildman–Crippen MR) is 126 cm³/mol. The summed E-state index contributed by atoms with van der Waals surface area (Å²) in [6, 6.07) is 4.34. The van der Waals surface area contributed by atoms with E-state index in [1.54, 1.807) is 12.1 Å². The molecule has 1 aromatic carbocycles. The first-order valence-corrected chi connectivity index (χ1v) is 12.2. The van der Waals surface area contributed by atoms with Crippen LogP contribution in [0.3, 0.4) is 0 Å². The third-order valence-electron chi connectivity index (χ3n) is 6.03. The molecule has 1 saturated carbocycles. The topological polar surface area (TPSA) is 86.4 Å². The van der Waals surface area contributed by atoms with Gasteiger partial charge in [-0.3, -0.25) is 14.8 Å². The first-order chi connectivity index (χ1) is 15.8. The minimum absolute atomic E-state index is 0.0999. The van der Waals surface area contributed by atoms with E-state index >= 15 is 4.39 Å². The Kier molecular flexibility index (Phi) is 7.06. The van der Waals surface area contributed by atoms with E-state index in [1.165, 1.54) is 29.1 Å². The van der Waals surface area contributed by atoms with Gasteiger partial charge in [0, 0.05) is 30.4 Å². The van der Waals surface area contributed by atoms with E-state index < -0.39 is 17.9 Å². The second-order valence-corrected chi connectivity index (χ2v) is 9.37. The Hall–Kier alpha value is -2.43. The van der Waals surface area contributed by atoms with Crippen LogP contribution in [0.15, 0.2) is 30.5 Å². The third-order valence-corrected chi connectivity index (χ3v) is 6.67. The van der Waals surface area contributed by atoms with Crippen molar-refractivity contribution in [2.75, 3.05) is 29.6 Å². The van der Waals surface area contributed by atoms with E-state index in [4.69, 9.17) is 11.6 Å². The largest absolute Gasteiger partial charge is 0.326 e. The summed E-state index contributed by atoms with van der Waals surface area (Å²) in [5, 5.41) is 4.94. The minimum Gasteiger partial charge on any atom is -0.326 e. The minimum atomic E-state index is -0.822. The number of amides is 3. The molecular formula is C22H24ClF2N5O2S. The maximum atomic E-state index is 15.0. The highest BCUT2D eigenvalue weighted by Gasteiger charge is 2.45. The van der Waals surface area contributed by atoms with E-state index in [0.717, 1.165) is 18.9 Å². The van der Waals surface area contributed by atoms with Gasteiger partial charge in [0.15, 0.2) is 11.6 Å². The van der Waals surface area contributed by atoms with Gasteiger partial charge >= 0.3 is 6.03 Å². The highest BCUT2D eigenvalue weighted by molar-refractivity contribution is 7.96. The maximum Gasteiger partial charge on any atom is 0.321 e. The van der Waals surface area contributed by atoms with Crippen LogP contribution in [0, 0.1) is 11.6 Å². The summed E-state index contributed by atoms with van der Waals surface area (Å²) in [5.41, 5.74) is 0.918. The molecule has 1 saturated heterocycles. The molecule has 0 spiro atoms. The van der Waals surface area contributed by atoms with Crippen molar-refractivity contribution in [3.63, 3.8) is 0 Å². The van der Waals surface area contributed by atoms with Crippen LogP contribution in [-0.2, 0) is 10.2 Å². The molecule has 0 radical (unpaired) electrons. The second-order valence-electron chi connectivity index (χ2n) is 8.24. The molecule has 1 aliphatic heterocycles. The van der Waals surface area contributed by atoms with Gasteiger partial charge in [0.25, 0.3) is 0 Å². The van der Waals surface area contributed by atoms with Crippen LogP contribution in [0.1, 0.15) is 31.2 Å². The summed E-state index contributed by atoms with van der Waals surface area (Å²) in [7, 11) is 0. The number of rotatable bonds is 7. The number of piperidine rings is 1. The van der Waals surface area contributed by atoms with Crippen molar-refractivity contribution >= 4 is 47.0 Å². The lowest BCUT2D eigenvalue weighted by Gasteiger charge is -2.33. The molecule has 176 valence electrons. The number of hydrogen-bond acceptors (Lipinski definition) is 5. The molecule has 2 heterocycles. The Balaban J connectivity index is 1.43. The van der Waals surface area contributed by atoms with Gasteiger partial charge in [0.05, 0.1) is 5.02 Å². The molecule has 1 aliphatic carbocycles. The molecule has 4 rings (SSSR count). The zero-order valence-electron chi connectivity index (χ0n) is 18.0. The molecule has 3 N–H and O–H groups in total. The Bertz CT molecular complexity index is 1070. The van der Waals surface area contributed by atoms with E-state index in [1.807, 2.05) is 6.26 Å². The van der Waals surface area contributed by atoms with Crippen molar-refractivity contribution in [2.24, 2.45) is 0 Å². The first kappa shape index (κ1) is 23.7. The molecule has 33 heavy (non-hydrogen) atoms. The first-order valence-electron chi connectivity index (χ1n) is 10.6. The van der Waals surface area contributed by atoms with E-state index in [9.17, 15) is 14.0 Å². The summed E-state index contributed by atoms with van der Waals surface area (Å²) in [6.45, 7) is 1.11. The monoisotopic (exact) mass is 495 g/mol. The number of carbonyl (C=O) groups is 2. The van der Waals surface area contributed by atoms with Crippen LogP contribution in [0.5, 0.6) is 0 Å². The van der Waals surface area contributed by atoms with Gasteiger partial charge in [-0.05, 0) is 55.7 Å². The fourth-order valence-electron chi connectivity index (χ4n) is 4.08. The van der Waals surface area contributed by atoms with E-state index in [2.05, 4.69) is 20.3 Å². The third kappa shape index (κ3) is 5.23. The zero-order valence-corrected chi connectivity index (χ0v) is 19.5. The lowest BCUT2D eigenvalue weighted by atomic mass is 9.94. The van der Waals surface area contributed by atoms with Crippen molar-refractivity contribution in [3.8, 4) is 0 Å². The summed E-state index contributed by atoms with van der Waals surface area (Å²) in [4.78, 5) is 30.5. The average molecular weight is 496 g/mol. The summed E-state index contributed by atoms with van der Waals surface area (Å²) >= 11 is 7.17. The van der Waals surface area contributed by atoms with Crippen molar-refractivity contribution in [1.82, 2.24) is 15.0 Å². The molecule has 1 unspecified atom stereocenters. The number of aromatic nitrogens is 1. The van der Waals surface area contributed by atoms with Crippen LogP contribution in [0.2, 0.25) is 5.02 Å². The SMILES string of the molecule is CSNCC1(c2ccc(N3CCCC(NC(=O)Nc4ncc(Cl)cc4F)C3=O)cc2F)CC1. The van der Waals surface area contributed by atoms with E-state index in [0.29, 0.717) is 37.2 Å². The van der Waals surface area contributed by atoms with Crippen LogP contribution in [0.25, 0.3) is 0 Å². The van der Waals surface area contributed by atoms with Gasteiger partial charge in [0.1, 0.15) is 11.9 Å². The van der Waals surface area contributed by atoms with Crippen LogP contribution >= 0.6 is 23.5 Å². The summed E-state index contributed by atoms with van der Waals surface area (Å²) in [6.07, 6.45) is 6.02. The number of halogens is 3. The van der Waals surface area contributed by atoms with E-state index in [-0.39, 0.29) is 28.0 Å². The van der Waals surface area contributed by atoms with Crippen LogP contribution < -0.4 is 20.3 Å².